The fourth-order valence-corrected chi connectivity index (χ4v) is 3.23. The Kier molecular flexibility index (Phi) is 4.36. The van der Waals surface area contributed by atoms with Gasteiger partial charge in [0.1, 0.15) is 16.9 Å². The third kappa shape index (κ3) is 3.35. The molecule has 4 rings (SSSR count). The molecule has 0 N–H and O–H groups in total. The molecule has 1 unspecified atom stereocenters. The van der Waals surface area contributed by atoms with Crippen LogP contribution >= 0.6 is 11.6 Å². The molecule has 0 spiro atoms. The van der Waals surface area contributed by atoms with Crippen molar-refractivity contribution in [2.75, 3.05) is 19.9 Å². The van der Waals surface area contributed by atoms with Gasteiger partial charge in [-0.1, -0.05) is 11.6 Å². The molecule has 2 aromatic rings. The molecule has 0 aliphatic carbocycles. The monoisotopic (exact) mass is 360 g/mol. The lowest BCUT2D eigenvalue weighted by molar-refractivity contribution is 0.0537. The van der Waals surface area contributed by atoms with Crippen molar-refractivity contribution in [1.82, 2.24) is 9.88 Å². The largest absolute Gasteiger partial charge is 0.487 e. The predicted octanol–water partition coefficient (Wildman–Crippen LogP) is 3.15. The molecule has 3 heterocycles. The van der Waals surface area contributed by atoms with Crippen molar-refractivity contribution in [3.05, 3.63) is 47.2 Å². The second-order valence-electron chi connectivity index (χ2n) is 6.01. The number of hydrogen-bond donors (Lipinski definition) is 0. The molecule has 6 nitrogen and oxygen atoms in total. The van der Waals surface area contributed by atoms with E-state index in [1.807, 2.05) is 0 Å². The van der Waals surface area contributed by atoms with Gasteiger partial charge in [-0.25, -0.2) is 0 Å². The van der Waals surface area contributed by atoms with E-state index in [1.54, 1.807) is 41.6 Å². The lowest BCUT2D eigenvalue weighted by atomic mass is 10.1. The van der Waals surface area contributed by atoms with Crippen LogP contribution in [0.4, 0.5) is 0 Å². The van der Waals surface area contributed by atoms with E-state index in [2.05, 4.69) is 4.98 Å². The van der Waals surface area contributed by atoms with Crippen LogP contribution in [-0.4, -0.2) is 41.8 Å². The van der Waals surface area contributed by atoms with Crippen LogP contribution in [0.2, 0.25) is 5.02 Å². The van der Waals surface area contributed by atoms with E-state index in [9.17, 15) is 4.79 Å². The van der Waals surface area contributed by atoms with E-state index in [-0.39, 0.29) is 18.8 Å². The summed E-state index contributed by atoms with van der Waals surface area (Å²) < 4.78 is 16.6. The number of fused-ring (bicyclic) bond motifs is 1. The van der Waals surface area contributed by atoms with Gasteiger partial charge in [0.2, 0.25) is 6.79 Å². The molecule has 0 bridgehead atoms. The third-order valence-corrected chi connectivity index (χ3v) is 4.60. The maximum Gasteiger partial charge on any atom is 0.254 e. The summed E-state index contributed by atoms with van der Waals surface area (Å²) in [4.78, 5) is 18.6. The first-order chi connectivity index (χ1) is 12.2. The summed E-state index contributed by atoms with van der Waals surface area (Å²) in [6, 6.07) is 7.00. The smallest absolute Gasteiger partial charge is 0.254 e. The number of halogens is 1. The Bertz CT molecular complexity index is 798. The minimum Gasteiger partial charge on any atom is -0.487 e. The van der Waals surface area contributed by atoms with Crippen LogP contribution in [0.15, 0.2) is 36.7 Å². The van der Waals surface area contributed by atoms with Gasteiger partial charge in [0.25, 0.3) is 5.91 Å². The summed E-state index contributed by atoms with van der Waals surface area (Å²) in [5.74, 6) is 1.84. The number of piperidine rings is 1. The number of pyridine rings is 1. The number of nitrogens with zero attached hydrogens (tertiary/aromatic N) is 2. The van der Waals surface area contributed by atoms with Crippen LogP contribution in [0.25, 0.3) is 0 Å². The first kappa shape index (κ1) is 16.0. The molecule has 25 heavy (non-hydrogen) atoms. The fourth-order valence-electron chi connectivity index (χ4n) is 3.07. The average molecular weight is 361 g/mol. The van der Waals surface area contributed by atoms with Gasteiger partial charge in [0, 0.05) is 30.6 Å². The highest BCUT2D eigenvalue weighted by atomic mass is 35.5. The molecule has 1 amide bonds. The fraction of sp³-hybridized carbons (Fsp3) is 0.333. The molecule has 2 aliphatic heterocycles. The molecule has 7 heteroatoms. The number of rotatable bonds is 3. The van der Waals surface area contributed by atoms with Crippen LogP contribution < -0.4 is 14.2 Å². The highest BCUT2D eigenvalue weighted by Gasteiger charge is 2.27. The van der Waals surface area contributed by atoms with Crippen LogP contribution in [0.1, 0.15) is 23.2 Å². The lowest BCUT2D eigenvalue weighted by Gasteiger charge is -2.33. The van der Waals surface area contributed by atoms with Gasteiger partial charge in [-0.2, -0.15) is 0 Å². The van der Waals surface area contributed by atoms with Gasteiger partial charge in [-0.05, 0) is 31.0 Å². The van der Waals surface area contributed by atoms with E-state index in [4.69, 9.17) is 25.8 Å². The summed E-state index contributed by atoms with van der Waals surface area (Å²) in [5, 5.41) is 0.474. The number of carbonyl (C=O) groups excluding carboxylic acids is 1. The lowest BCUT2D eigenvalue weighted by Crippen LogP contribution is -2.44. The van der Waals surface area contributed by atoms with Crippen LogP contribution in [0.3, 0.4) is 0 Å². The quantitative estimate of drug-likeness (QED) is 0.841. The normalized spacial score (nSPS) is 18.9. The minimum absolute atomic E-state index is 0.0348. The Morgan fingerprint density at radius 1 is 1.28 bits per heavy atom. The minimum atomic E-state index is -0.0911. The number of likely N-dealkylation sites (tertiary alicyclic amines) is 1. The summed E-state index contributed by atoms with van der Waals surface area (Å²) in [7, 11) is 0. The van der Waals surface area contributed by atoms with Crippen molar-refractivity contribution >= 4 is 17.5 Å². The number of ether oxygens (including phenoxy) is 3. The number of hydrogen-bond acceptors (Lipinski definition) is 5. The number of benzene rings is 1. The second-order valence-corrected chi connectivity index (χ2v) is 6.41. The molecule has 2 aliphatic rings. The van der Waals surface area contributed by atoms with E-state index < -0.39 is 0 Å². The standard InChI is InChI=1S/C18H17ClN2O4/c19-14-9-20-6-5-15(14)25-13-2-1-7-21(10-13)18(22)12-3-4-16-17(8-12)24-11-23-16/h3-6,8-9,13H,1-2,7,10-11H2. The molecular formula is C18H17ClN2O4. The van der Waals surface area contributed by atoms with E-state index in [0.29, 0.717) is 40.9 Å². The number of carbonyl (C=O) groups is 1. The van der Waals surface area contributed by atoms with Crippen molar-refractivity contribution in [3.8, 4) is 17.2 Å². The molecule has 0 saturated carbocycles. The zero-order chi connectivity index (χ0) is 17.2. The molecule has 0 radical (unpaired) electrons. The van der Waals surface area contributed by atoms with Gasteiger partial charge < -0.3 is 19.1 Å². The van der Waals surface area contributed by atoms with Crippen molar-refractivity contribution in [2.45, 2.75) is 18.9 Å². The summed E-state index contributed by atoms with van der Waals surface area (Å²) >= 11 is 6.10. The maximum atomic E-state index is 12.8. The first-order valence-electron chi connectivity index (χ1n) is 8.16. The predicted molar refractivity (Wildman–Crippen MR) is 91.4 cm³/mol. The number of aromatic nitrogens is 1. The molecular weight excluding hydrogens is 344 g/mol. The molecule has 1 saturated heterocycles. The summed E-state index contributed by atoms with van der Waals surface area (Å²) in [5.41, 5.74) is 0.590. The second kappa shape index (κ2) is 6.80. The Morgan fingerprint density at radius 3 is 3.04 bits per heavy atom. The van der Waals surface area contributed by atoms with Gasteiger partial charge in [-0.15, -0.1) is 0 Å². The van der Waals surface area contributed by atoms with Crippen molar-refractivity contribution in [2.24, 2.45) is 0 Å². The van der Waals surface area contributed by atoms with E-state index in [0.717, 1.165) is 12.8 Å². The molecule has 1 atom stereocenters. The third-order valence-electron chi connectivity index (χ3n) is 4.31. The van der Waals surface area contributed by atoms with Gasteiger partial charge >= 0.3 is 0 Å². The Hall–Kier alpha value is -2.47. The zero-order valence-electron chi connectivity index (χ0n) is 13.5. The Balaban J connectivity index is 1.45. The van der Waals surface area contributed by atoms with Crippen LogP contribution in [0.5, 0.6) is 17.2 Å². The average Bonchev–Trinajstić information content (AvgIpc) is 3.11. The highest BCUT2D eigenvalue weighted by Crippen LogP contribution is 2.33. The van der Waals surface area contributed by atoms with Crippen LogP contribution in [-0.2, 0) is 0 Å². The van der Waals surface area contributed by atoms with E-state index >= 15 is 0 Å². The first-order valence-corrected chi connectivity index (χ1v) is 8.53. The topological polar surface area (TPSA) is 60.9 Å². The van der Waals surface area contributed by atoms with Gasteiger partial charge in [0.15, 0.2) is 11.5 Å². The maximum absolute atomic E-state index is 12.8. The van der Waals surface area contributed by atoms with Gasteiger partial charge in [-0.3, -0.25) is 9.78 Å². The summed E-state index contributed by atoms with van der Waals surface area (Å²) in [6.07, 6.45) is 4.86. The summed E-state index contributed by atoms with van der Waals surface area (Å²) in [6.45, 7) is 1.42. The molecule has 130 valence electrons. The number of amides is 1. The highest BCUT2D eigenvalue weighted by molar-refractivity contribution is 6.31. The Labute approximate surface area is 150 Å². The molecule has 1 aromatic carbocycles. The van der Waals surface area contributed by atoms with E-state index in [1.165, 1.54) is 0 Å². The Morgan fingerprint density at radius 2 is 2.16 bits per heavy atom. The molecule has 1 fully saturated rings. The van der Waals surface area contributed by atoms with Gasteiger partial charge in [0.05, 0.1) is 6.54 Å². The van der Waals surface area contributed by atoms with Crippen LogP contribution in [0, 0.1) is 0 Å². The van der Waals surface area contributed by atoms with Crippen molar-refractivity contribution < 1.29 is 19.0 Å². The molecule has 1 aromatic heterocycles. The zero-order valence-corrected chi connectivity index (χ0v) is 14.2. The van der Waals surface area contributed by atoms with Crippen molar-refractivity contribution in [3.63, 3.8) is 0 Å². The SMILES string of the molecule is O=C(c1ccc2c(c1)OCO2)N1CCCC(Oc2ccncc2Cl)C1. The van der Waals surface area contributed by atoms with Crippen molar-refractivity contribution in [1.29, 1.82) is 0 Å².